The molecule has 62 heavy (non-hydrogen) atoms. The van der Waals surface area contributed by atoms with Crippen LogP contribution in [0.5, 0.6) is 0 Å². The largest absolute Gasteiger partial charge is 0.310 e. The molecule has 3 aromatic heterocycles. The number of para-hydroxylation sites is 1. The van der Waals surface area contributed by atoms with Crippen molar-refractivity contribution >= 4 is 81.6 Å². The zero-order chi connectivity index (χ0) is 40.7. The Balaban J connectivity index is 1.11. The molecule has 12 aromatic rings. The molecule has 1 aliphatic rings. The van der Waals surface area contributed by atoms with Crippen molar-refractivity contribution in [3.8, 4) is 39.9 Å². The fraction of sp³-hybridized carbons (Fsp3) is 0.0351. The highest BCUT2D eigenvalue weighted by molar-refractivity contribution is 6.30. The summed E-state index contributed by atoms with van der Waals surface area (Å²) in [5.74, 6) is 1.92. The molecule has 0 saturated carbocycles. The minimum absolute atomic E-state index is 0.636. The normalized spacial score (nSPS) is 13.1. The molecule has 13 rings (SSSR count). The van der Waals surface area contributed by atoms with Gasteiger partial charge in [-0.15, -0.1) is 0 Å². The molecule has 0 amide bonds. The van der Waals surface area contributed by atoms with Crippen LogP contribution in [0.3, 0.4) is 0 Å². The second kappa shape index (κ2) is 13.7. The quantitative estimate of drug-likeness (QED) is 0.174. The second-order valence-corrected chi connectivity index (χ2v) is 16.2. The van der Waals surface area contributed by atoms with Gasteiger partial charge in [0.15, 0.2) is 17.5 Å². The van der Waals surface area contributed by atoms with Crippen LogP contribution in [0.4, 0.5) is 0 Å². The Morgan fingerprint density at radius 3 is 1.89 bits per heavy atom. The monoisotopic (exact) mass is 791 g/mol. The van der Waals surface area contributed by atoms with Crippen molar-refractivity contribution in [1.82, 2.24) is 24.1 Å². The van der Waals surface area contributed by atoms with Crippen molar-refractivity contribution in [2.24, 2.45) is 0 Å². The Morgan fingerprint density at radius 1 is 0.387 bits per heavy atom. The van der Waals surface area contributed by atoms with E-state index in [9.17, 15) is 0 Å². The van der Waals surface area contributed by atoms with Crippen LogP contribution < -0.4 is 0 Å². The van der Waals surface area contributed by atoms with E-state index in [1.165, 1.54) is 65.5 Å². The molecule has 0 atom stereocenters. The maximum absolute atomic E-state index is 5.26. The Morgan fingerprint density at radius 2 is 1.05 bits per heavy atom. The first-order chi connectivity index (χ1) is 30.8. The fourth-order valence-corrected chi connectivity index (χ4v) is 9.96. The summed E-state index contributed by atoms with van der Waals surface area (Å²) in [6.07, 6.45) is 9.06. The molecule has 0 bridgehead atoms. The average Bonchev–Trinajstić information content (AvgIpc) is 3.87. The summed E-state index contributed by atoms with van der Waals surface area (Å²) in [5, 5.41) is 12.0. The van der Waals surface area contributed by atoms with Crippen LogP contribution in [0.1, 0.15) is 12.8 Å². The van der Waals surface area contributed by atoms with Gasteiger partial charge in [-0.05, 0) is 82.2 Å². The number of nitrogens with zero attached hydrogens (tertiary/aromatic N) is 5. The highest BCUT2D eigenvalue weighted by Crippen LogP contribution is 2.46. The topological polar surface area (TPSA) is 48.5 Å². The average molecular weight is 792 g/mol. The van der Waals surface area contributed by atoms with E-state index in [0.717, 1.165) is 51.4 Å². The van der Waals surface area contributed by atoms with Gasteiger partial charge in [0.25, 0.3) is 0 Å². The summed E-state index contributed by atoms with van der Waals surface area (Å²) in [4.78, 5) is 15.6. The van der Waals surface area contributed by atoms with Crippen molar-refractivity contribution in [3.05, 3.63) is 200 Å². The Bertz CT molecular complexity index is 3870. The van der Waals surface area contributed by atoms with Gasteiger partial charge in [0.05, 0.1) is 27.8 Å². The first-order valence-electron chi connectivity index (χ1n) is 21.4. The van der Waals surface area contributed by atoms with Crippen molar-refractivity contribution in [1.29, 1.82) is 0 Å². The predicted molar refractivity (Wildman–Crippen MR) is 259 cm³/mol. The maximum atomic E-state index is 5.26. The molecule has 1 aliphatic carbocycles. The molecular weight excluding hydrogens is 755 g/mol. The molecule has 290 valence electrons. The third-order valence-electron chi connectivity index (χ3n) is 12.7. The van der Waals surface area contributed by atoms with Gasteiger partial charge in [0.2, 0.25) is 0 Å². The standard InChI is InChI=1S/C57H37N5/c1-3-17-38(18-4-1)55-58-56(40-28-27-36-15-7-8-19-39(36)35-40)60-57(59-55)45-30-33-49(44-24-12-11-23-43(44)45)62-50-32-29-37-16-9-10-22-42(37)52(50)47-31-34-51-53(54(47)62)46-25-13-14-26-48(46)61(51)41-20-5-2-6-21-41/h1,3-5,7-35H,2,6H2. The zero-order valence-corrected chi connectivity index (χ0v) is 33.7. The van der Waals surface area contributed by atoms with Gasteiger partial charge in [-0.1, -0.05) is 158 Å². The van der Waals surface area contributed by atoms with E-state index >= 15 is 0 Å². The van der Waals surface area contributed by atoms with E-state index in [-0.39, 0.29) is 0 Å². The van der Waals surface area contributed by atoms with Gasteiger partial charge in [-0.25, -0.2) is 15.0 Å². The third kappa shape index (κ3) is 5.25. The molecule has 0 fully saturated rings. The molecule has 0 radical (unpaired) electrons. The highest BCUT2D eigenvalue weighted by atomic mass is 15.0. The molecule has 0 spiro atoms. The second-order valence-electron chi connectivity index (χ2n) is 16.2. The van der Waals surface area contributed by atoms with Gasteiger partial charge in [-0.3, -0.25) is 0 Å². The molecular formula is C57H37N5. The fourth-order valence-electron chi connectivity index (χ4n) is 9.96. The van der Waals surface area contributed by atoms with E-state index < -0.39 is 0 Å². The summed E-state index contributed by atoms with van der Waals surface area (Å²) < 4.78 is 4.98. The van der Waals surface area contributed by atoms with Gasteiger partial charge in [0.1, 0.15) is 0 Å². The van der Waals surface area contributed by atoms with Crippen LogP contribution in [0, 0.1) is 0 Å². The van der Waals surface area contributed by atoms with Gasteiger partial charge < -0.3 is 9.13 Å². The predicted octanol–water partition coefficient (Wildman–Crippen LogP) is 14.7. The minimum atomic E-state index is 0.636. The molecule has 5 heteroatoms. The molecule has 5 nitrogen and oxygen atoms in total. The van der Waals surface area contributed by atoms with E-state index in [0.29, 0.717) is 17.5 Å². The molecule has 3 heterocycles. The van der Waals surface area contributed by atoms with Gasteiger partial charge in [0, 0.05) is 49.3 Å². The third-order valence-corrected chi connectivity index (χ3v) is 12.7. The van der Waals surface area contributed by atoms with Crippen LogP contribution in [-0.4, -0.2) is 24.1 Å². The first-order valence-corrected chi connectivity index (χ1v) is 21.4. The smallest absolute Gasteiger partial charge is 0.164 e. The minimum Gasteiger partial charge on any atom is -0.310 e. The lowest BCUT2D eigenvalue weighted by Crippen LogP contribution is -2.02. The molecule has 9 aromatic carbocycles. The summed E-state index contributed by atoms with van der Waals surface area (Å²) in [5.41, 5.74) is 9.95. The summed E-state index contributed by atoms with van der Waals surface area (Å²) in [7, 11) is 0. The van der Waals surface area contributed by atoms with Crippen molar-refractivity contribution < 1.29 is 0 Å². The summed E-state index contributed by atoms with van der Waals surface area (Å²) in [6, 6.07) is 65.2. The SMILES string of the molecule is C1=CC(n2c3ccccc3c3c2ccc2c4c5ccccc5ccc4n(-c4ccc(-c5nc(-c6ccccc6)nc(-c6ccc7ccccc7c6)n5)c5ccccc45)c23)=CCC1. The van der Waals surface area contributed by atoms with Crippen LogP contribution in [0.25, 0.3) is 121 Å². The maximum Gasteiger partial charge on any atom is 0.164 e. The van der Waals surface area contributed by atoms with E-state index in [1.807, 2.05) is 18.2 Å². The summed E-state index contributed by atoms with van der Waals surface area (Å²) >= 11 is 0. The van der Waals surface area contributed by atoms with E-state index in [2.05, 4.69) is 191 Å². The molecule has 0 aliphatic heterocycles. The number of hydrogen-bond donors (Lipinski definition) is 0. The highest BCUT2D eigenvalue weighted by Gasteiger charge is 2.24. The van der Waals surface area contributed by atoms with Crippen LogP contribution >= 0.6 is 0 Å². The van der Waals surface area contributed by atoms with Gasteiger partial charge >= 0.3 is 0 Å². The number of allylic oxidation sites excluding steroid dienone is 4. The molecule has 0 saturated heterocycles. The number of rotatable bonds is 5. The molecule has 0 N–H and O–H groups in total. The van der Waals surface area contributed by atoms with Crippen LogP contribution in [0.15, 0.2) is 200 Å². The number of aromatic nitrogens is 5. The number of benzene rings is 9. The summed E-state index contributed by atoms with van der Waals surface area (Å²) in [6.45, 7) is 0. The van der Waals surface area contributed by atoms with E-state index in [4.69, 9.17) is 15.0 Å². The van der Waals surface area contributed by atoms with Crippen molar-refractivity contribution in [3.63, 3.8) is 0 Å². The Kier molecular flexibility index (Phi) is 7.66. The Hall–Kier alpha value is -8.15. The number of hydrogen-bond acceptors (Lipinski definition) is 3. The lowest BCUT2D eigenvalue weighted by atomic mass is 10.0. The number of fused-ring (bicyclic) bond motifs is 11. The lowest BCUT2D eigenvalue weighted by molar-refractivity contribution is 1.02. The zero-order valence-electron chi connectivity index (χ0n) is 33.7. The van der Waals surface area contributed by atoms with Gasteiger partial charge in [-0.2, -0.15) is 0 Å². The lowest BCUT2D eigenvalue weighted by Gasteiger charge is -2.16. The van der Waals surface area contributed by atoms with E-state index in [1.54, 1.807) is 0 Å². The van der Waals surface area contributed by atoms with Crippen molar-refractivity contribution in [2.75, 3.05) is 0 Å². The first kappa shape index (κ1) is 34.7. The van der Waals surface area contributed by atoms with Crippen LogP contribution in [-0.2, 0) is 0 Å². The van der Waals surface area contributed by atoms with Crippen LogP contribution in [0.2, 0.25) is 0 Å². The van der Waals surface area contributed by atoms with Crippen molar-refractivity contribution in [2.45, 2.75) is 12.8 Å². The Labute approximate surface area is 357 Å². The molecule has 0 unspecified atom stereocenters.